The van der Waals surface area contributed by atoms with Crippen LogP contribution in [-0.4, -0.2) is 12.7 Å². The van der Waals surface area contributed by atoms with Crippen molar-refractivity contribution in [1.82, 2.24) is 0 Å². The van der Waals surface area contributed by atoms with Gasteiger partial charge in [0.2, 0.25) is 12.7 Å². The molecule has 21 heavy (non-hydrogen) atoms. The molecule has 108 valence electrons. The molecule has 0 radical (unpaired) electrons. The van der Waals surface area contributed by atoms with Crippen molar-refractivity contribution in [3.63, 3.8) is 0 Å². The smallest absolute Gasteiger partial charge is 0.245 e. The van der Waals surface area contributed by atoms with Gasteiger partial charge < -0.3 is 14.8 Å². The molecule has 0 saturated heterocycles. The molecular formula is C16H16N2O3. The van der Waals surface area contributed by atoms with E-state index in [0.717, 1.165) is 25.7 Å². The zero-order valence-corrected chi connectivity index (χ0v) is 11.6. The van der Waals surface area contributed by atoms with Crippen molar-refractivity contribution in [2.75, 3.05) is 12.1 Å². The molecular weight excluding hydrogens is 268 g/mol. The molecule has 2 aliphatic carbocycles. The van der Waals surface area contributed by atoms with E-state index in [1.54, 1.807) is 18.2 Å². The molecule has 3 aliphatic rings. The largest absolute Gasteiger partial charge is 0.454 e. The number of nitriles is 1. The topological polar surface area (TPSA) is 71.4 Å². The minimum atomic E-state index is -0.855. The number of hydrogen-bond acceptors (Lipinski definition) is 4. The summed E-state index contributed by atoms with van der Waals surface area (Å²) in [6, 6.07) is 7.67. The fourth-order valence-electron chi connectivity index (χ4n) is 3.91. The Morgan fingerprint density at radius 1 is 1.29 bits per heavy atom. The van der Waals surface area contributed by atoms with Crippen LogP contribution in [0.3, 0.4) is 0 Å². The molecule has 0 bridgehead atoms. The highest BCUT2D eigenvalue weighted by Crippen LogP contribution is 2.71. The monoisotopic (exact) mass is 284 g/mol. The van der Waals surface area contributed by atoms with Crippen molar-refractivity contribution < 1.29 is 14.3 Å². The number of rotatable bonds is 2. The van der Waals surface area contributed by atoms with E-state index in [9.17, 15) is 10.1 Å². The van der Waals surface area contributed by atoms with E-state index in [2.05, 4.69) is 11.4 Å². The molecule has 1 heterocycles. The van der Waals surface area contributed by atoms with Gasteiger partial charge in [0, 0.05) is 5.41 Å². The van der Waals surface area contributed by atoms with Crippen LogP contribution in [0.1, 0.15) is 32.1 Å². The number of benzene rings is 1. The molecule has 1 aromatic carbocycles. The van der Waals surface area contributed by atoms with Gasteiger partial charge in [-0.2, -0.15) is 5.26 Å². The van der Waals surface area contributed by atoms with Crippen LogP contribution in [0.4, 0.5) is 5.69 Å². The van der Waals surface area contributed by atoms with Gasteiger partial charge in [-0.3, -0.25) is 4.79 Å². The van der Waals surface area contributed by atoms with Gasteiger partial charge in [-0.1, -0.05) is 18.9 Å². The molecule has 2 saturated carbocycles. The van der Waals surface area contributed by atoms with Gasteiger partial charge in [0.15, 0.2) is 11.5 Å². The van der Waals surface area contributed by atoms with E-state index >= 15 is 0 Å². The van der Waals surface area contributed by atoms with E-state index in [0.29, 0.717) is 23.6 Å². The molecule has 1 aliphatic heterocycles. The Balaban J connectivity index is 1.60. The molecule has 4 rings (SSSR count). The zero-order valence-electron chi connectivity index (χ0n) is 11.6. The maximum Gasteiger partial charge on any atom is 0.245 e. The zero-order chi connectivity index (χ0) is 14.5. The summed E-state index contributed by atoms with van der Waals surface area (Å²) >= 11 is 0. The molecule has 1 aromatic rings. The van der Waals surface area contributed by atoms with Crippen molar-refractivity contribution in [3.8, 4) is 17.6 Å². The summed E-state index contributed by atoms with van der Waals surface area (Å²) in [5.41, 5.74) is -0.350. The van der Waals surface area contributed by atoms with E-state index in [-0.39, 0.29) is 18.1 Å². The van der Waals surface area contributed by atoms with Gasteiger partial charge in [-0.25, -0.2) is 0 Å². The van der Waals surface area contributed by atoms with Crippen molar-refractivity contribution >= 4 is 11.6 Å². The average molecular weight is 284 g/mol. The Morgan fingerprint density at radius 3 is 2.86 bits per heavy atom. The lowest BCUT2D eigenvalue weighted by Gasteiger charge is -2.15. The summed E-state index contributed by atoms with van der Waals surface area (Å²) in [7, 11) is 0. The van der Waals surface area contributed by atoms with E-state index in [4.69, 9.17) is 9.47 Å². The summed E-state index contributed by atoms with van der Waals surface area (Å²) < 4.78 is 10.7. The highest BCUT2D eigenvalue weighted by Gasteiger charge is 2.72. The van der Waals surface area contributed by atoms with Gasteiger partial charge in [0.1, 0.15) is 5.41 Å². The van der Waals surface area contributed by atoms with Gasteiger partial charge in [-0.15, -0.1) is 0 Å². The van der Waals surface area contributed by atoms with Crippen molar-refractivity contribution in [2.24, 2.45) is 10.8 Å². The van der Waals surface area contributed by atoms with E-state index < -0.39 is 5.41 Å². The van der Waals surface area contributed by atoms with Crippen LogP contribution in [0.25, 0.3) is 0 Å². The Labute approximate surface area is 122 Å². The summed E-state index contributed by atoms with van der Waals surface area (Å²) in [5, 5.41) is 12.4. The number of nitrogens with one attached hydrogen (secondary N) is 1. The first-order valence-electron chi connectivity index (χ1n) is 7.32. The maximum atomic E-state index is 12.7. The minimum Gasteiger partial charge on any atom is -0.454 e. The fraction of sp³-hybridized carbons (Fsp3) is 0.500. The fourth-order valence-corrected chi connectivity index (χ4v) is 3.91. The van der Waals surface area contributed by atoms with E-state index in [1.165, 1.54) is 0 Å². The lowest BCUT2D eigenvalue weighted by molar-refractivity contribution is -0.120. The number of anilines is 1. The van der Waals surface area contributed by atoms with Crippen molar-refractivity contribution in [3.05, 3.63) is 18.2 Å². The Morgan fingerprint density at radius 2 is 2.10 bits per heavy atom. The van der Waals surface area contributed by atoms with Crippen LogP contribution in [0.2, 0.25) is 0 Å². The lowest BCUT2D eigenvalue weighted by Crippen LogP contribution is -2.28. The third-order valence-corrected chi connectivity index (χ3v) is 5.17. The molecule has 1 N–H and O–H groups in total. The average Bonchev–Trinajstić information content (AvgIpc) is 2.87. The third kappa shape index (κ3) is 1.59. The van der Waals surface area contributed by atoms with Crippen LogP contribution in [0, 0.1) is 22.2 Å². The second kappa shape index (κ2) is 4.14. The molecule has 0 aromatic heterocycles. The van der Waals surface area contributed by atoms with E-state index in [1.807, 2.05) is 0 Å². The summed E-state index contributed by atoms with van der Waals surface area (Å²) in [5.74, 6) is 0.987. The Kier molecular flexibility index (Phi) is 2.47. The second-order valence-electron chi connectivity index (χ2n) is 6.17. The molecule has 1 unspecified atom stereocenters. The number of carbonyl (C=O) groups excluding carboxylic acids is 1. The number of nitrogens with zero attached hydrogens (tertiary/aromatic N) is 1. The molecule has 1 atom stereocenters. The molecule has 5 heteroatoms. The minimum absolute atomic E-state index is 0.0822. The van der Waals surface area contributed by atoms with Gasteiger partial charge in [0.25, 0.3) is 0 Å². The van der Waals surface area contributed by atoms with Crippen LogP contribution >= 0.6 is 0 Å². The van der Waals surface area contributed by atoms with Crippen molar-refractivity contribution in [2.45, 2.75) is 32.1 Å². The lowest BCUT2D eigenvalue weighted by atomic mass is 9.91. The predicted molar refractivity (Wildman–Crippen MR) is 74.8 cm³/mol. The number of para-hydroxylation sites is 1. The second-order valence-corrected chi connectivity index (χ2v) is 6.17. The number of fused-ring (bicyclic) bond motifs is 1. The quantitative estimate of drug-likeness (QED) is 0.906. The first-order chi connectivity index (χ1) is 10.2. The molecule has 5 nitrogen and oxygen atoms in total. The molecule has 1 amide bonds. The maximum absolute atomic E-state index is 12.7. The highest BCUT2D eigenvalue weighted by atomic mass is 16.7. The van der Waals surface area contributed by atoms with Crippen molar-refractivity contribution in [1.29, 1.82) is 5.26 Å². The summed E-state index contributed by atoms with van der Waals surface area (Å²) in [6.07, 6.45) is 4.90. The SMILES string of the molecule is N#CC1(C(=O)Nc2cccc3c2OCO3)CC12CCCC2. The van der Waals surface area contributed by atoms with Gasteiger partial charge in [0.05, 0.1) is 11.8 Å². The Hall–Kier alpha value is -2.22. The molecule has 2 fully saturated rings. The Bertz CT molecular complexity index is 658. The number of carbonyl (C=O) groups is 1. The van der Waals surface area contributed by atoms with Crippen LogP contribution < -0.4 is 14.8 Å². The van der Waals surface area contributed by atoms with Crippen LogP contribution in [0.15, 0.2) is 18.2 Å². The first kappa shape index (κ1) is 12.5. The number of amides is 1. The number of ether oxygens (including phenoxy) is 2. The van der Waals surface area contributed by atoms with Crippen LogP contribution in [-0.2, 0) is 4.79 Å². The number of hydrogen-bond donors (Lipinski definition) is 1. The normalized spacial score (nSPS) is 27.4. The third-order valence-electron chi connectivity index (χ3n) is 5.17. The van der Waals surface area contributed by atoms with Gasteiger partial charge >= 0.3 is 0 Å². The molecule has 1 spiro atoms. The van der Waals surface area contributed by atoms with Crippen LogP contribution in [0.5, 0.6) is 11.5 Å². The standard InChI is InChI=1S/C16H16N2O3/c17-9-16(8-15(16)6-1-2-7-15)14(19)18-11-4-3-5-12-13(11)21-10-20-12/h3-5H,1-2,6-8,10H2,(H,18,19). The highest BCUT2D eigenvalue weighted by molar-refractivity contribution is 6.01. The van der Waals surface area contributed by atoms with Gasteiger partial charge in [-0.05, 0) is 31.4 Å². The first-order valence-corrected chi connectivity index (χ1v) is 7.32. The summed E-state index contributed by atoms with van der Waals surface area (Å²) in [6.45, 7) is 0.162. The predicted octanol–water partition coefficient (Wildman–Crippen LogP) is 2.83. The summed E-state index contributed by atoms with van der Waals surface area (Å²) in [4.78, 5) is 12.7.